The molecule has 1 aliphatic heterocycles. The zero-order valence-electron chi connectivity index (χ0n) is 11.3. The van der Waals surface area contributed by atoms with Crippen LogP contribution >= 0.6 is 0 Å². The summed E-state index contributed by atoms with van der Waals surface area (Å²) in [6.45, 7) is 3.99. The van der Waals surface area contributed by atoms with Crippen molar-refractivity contribution in [2.75, 3.05) is 4.90 Å². The summed E-state index contributed by atoms with van der Waals surface area (Å²) in [4.78, 5) is 14.1. The average molecular weight is 266 g/mol. The molecule has 0 aromatic heterocycles. The normalized spacial score (nSPS) is 15.8. The van der Waals surface area contributed by atoms with Gasteiger partial charge >= 0.3 is 0 Å². The van der Waals surface area contributed by atoms with Crippen LogP contribution in [0.5, 0.6) is 0 Å². The van der Waals surface area contributed by atoms with Crippen LogP contribution in [0.1, 0.15) is 16.7 Å². The van der Waals surface area contributed by atoms with E-state index in [2.05, 4.69) is 5.16 Å². The molecule has 1 amide bonds. The van der Waals surface area contributed by atoms with E-state index in [0.29, 0.717) is 5.56 Å². The maximum atomic E-state index is 12.5. The molecule has 1 N–H and O–H groups in total. The number of oxime groups is 1. The highest BCUT2D eigenvalue weighted by Crippen LogP contribution is 2.37. The lowest BCUT2D eigenvalue weighted by atomic mass is 10.1. The molecule has 2 aromatic carbocycles. The Bertz CT molecular complexity index is 735. The number of anilines is 2. The summed E-state index contributed by atoms with van der Waals surface area (Å²) in [5.41, 5.74) is 4.46. The summed E-state index contributed by atoms with van der Waals surface area (Å²) in [6, 6.07) is 13.2. The number of amides is 1. The fourth-order valence-electron chi connectivity index (χ4n) is 2.51. The Balaban J connectivity index is 2.25. The van der Waals surface area contributed by atoms with Gasteiger partial charge in [-0.25, -0.2) is 0 Å². The Morgan fingerprint density at radius 3 is 2.45 bits per heavy atom. The molecule has 0 unspecified atom stereocenters. The Labute approximate surface area is 117 Å². The van der Waals surface area contributed by atoms with Gasteiger partial charge in [0, 0.05) is 5.56 Å². The molecular formula is C16H14N2O2. The third kappa shape index (κ3) is 1.61. The average Bonchev–Trinajstić information content (AvgIpc) is 2.74. The molecule has 0 fully saturated rings. The Kier molecular flexibility index (Phi) is 2.79. The van der Waals surface area contributed by atoms with E-state index >= 15 is 0 Å². The van der Waals surface area contributed by atoms with Gasteiger partial charge in [0.25, 0.3) is 5.91 Å². The highest BCUT2D eigenvalue weighted by molar-refractivity contribution is 6.55. The lowest BCUT2D eigenvalue weighted by molar-refractivity contribution is -0.111. The maximum absolute atomic E-state index is 12.5. The molecule has 3 rings (SSSR count). The second kappa shape index (κ2) is 4.49. The molecule has 20 heavy (non-hydrogen) atoms. The first-order valence-corrected chi connectivity index (χ1v) is 6.37. The molecular weight excluding hydrogens is 252 g/mol. The van der Waals surface area contributed by atoms with Gasteiger partial charge in [0.1, 0.15) is 0 Å². The number of fused-ring (bicyclic) bond motifs is 1. The standard InChI is InChI=1S/C16H14N2O2/c1-10-6-5-9-13(11(10)2)18-14-8-4-3-7-12(14)15(17-20)16(18)19/h3-9,20H,1-2H3/b17-15+. The van der Waals surface area contributed by atoms with Gasteiger partial charge in [0.05, 0.1) is 11.4 Å². The molecule has 1 aliphatic rings. The lowest BCUT2D eigenvalue weighted by Crippen LogP contribution is -2.26. The van der Waals surface area contributed by atoms with Gasteiger partial charge in [-0.3, -0.25) is 9.69 Å². The molecule has 0 bridgehead atoms. The monoisotopic (exact) mass is 266 g/mol. The molecule has 1 heterocycles. The number of nitrogens with zero attached hydrogens (tertiary/aromatic N) is 2. The second-order valence-electron chi connectivity index (χ2n) is 4.83. The van der Waals surface area contributed by atoms with Gasteiger partial charge in [0.2, 0.25) is 0 Å². The van der Waals surface area contributed by atoms with Gasteiger partial charge in [0.15, 0.2) is 5.71 Å². The van der Waals surface area contributed by atoms with Crippen LogP contribution < -0.4 is 4.90 Å². The molecule has 2 aromatic rings. The van der Waals surface area contributed by atoms with E-state index in [0.717, 1.165) is 22.5 Å². The van der Waals surface area contributed by atoms with Crippen LogP contribution in [0.2, 0.25) is 0 Å². The Morgan fingerprint density at radius 1 is 1.00 bits per heavy atom. The first kappa shape index (κ1) is 12.4. The highest BCUT2D eigenvalue weighted by Gasteiger charge is 2.35. The predicted octanol–water partition coefficient (Wildman–Crippen LogP) is 3.16. The largest absolute Gasteiger partial charge is 0.410 e. The van der Waals surface area contributed by atoms with Crippen LogP contribution in [-0.2, 0) is 4.79 Å². The number of rotatable bonds is 1. The number of carbonyl (C=O) groups excluding carboxylic acids is 1. The third-order valence-electron chi connectivity index (χ3n) is 3.72. The van der Waals surface area contributed by atoms with Crippen LogP contribution in [0.15, 0.2) is 47.6 Å². The quantitative estimate of drug-likeness (QED) is 0.636. The summed E-state index contributed by atoms with van der Waals surface area (Å²) in [7, 11) is 0. The van der Waals surface area contributed by atoms with Gasteiger partial charge in [-0.05, 0) is 37.1 Å². The van der Waals surface area contributed by atoms with Crippen LogP contribution in [0.25, 0.3) is 0 Å². The summed E-state index contributed by atoms with van der Waals surface area (Å²) in [5, 5.41) is 12.3. The summed E-state index contributed by atoms with van der Waals surface area (Å²) in [5.74, 6) is -0.303. The fraction of sp³-hybridized carbons (Fsp3) is 0.125. The van der Waals surface area contributed by atoms with E-state index in [9.17, 15) is 4.79 Å². The molecule has 0 saturated carbocycles. The van der Waals surface area contributed by atoms with E-state index < -0.39 is 0 Å². The summed E-state index contributed by atoms with van der Waals surface area (Å²) in [6.07, 6.45) is 0. The molecule has 0 spiro atoms. The highest BCUT2D eigenvalue weighted by atomic mass is 16.4. The fourth-order valence-corrected chi connectivity index (χ4v) is 2.51. The van der Waals surface area contributed by atoms with Crippen LogP contribution in [0, 0.1) is 13.8 Å². The van der Waals surface area contributed by atoms with Gasteiger partial charge in [-0.15, -0.1) is 0 Å². The molecule has 4 nitrogen and oxygen atoms in total. The van der Waals surface area contributed by atoms with Crippen molar-refractivity contribution in [1.29, 1.82) is 0 Å². The SMILES string of the molecule is Cc1cccc(N2C(=O)/C(=N/O)c3ccccc32)c1C. The topological polar surface area (TPSA) is 52.9 Å². The molecule has 0 atom stereocenters. The molecule has 0 saturated heterocycles. The van der Waals surface area contributed by atoms with Crippen molar-refractivity contribution in [2.45, 2.75) is 13.8 Å². The van der Waals surface area contributed by atoms with Gasteiger partial charge in [-0.2, -0.15) is 0 Å². The number of para-hydroxylation sites is 1. The third-order valence-corrected chi connectivity index (χ3v) is 3.72. The minimum absolute atomic E-state index is 0.0847. The van der Waals surface area contributed by atoms with E-state index in [1.165, 1.54) is 0 Å². The number of hydrogen-bond donors (Lipinski definition) is 1. The van der Waals surface area contributed by atoms with E-state index in [1.54, 1.807) is 11.0 Å². The number of hydrogen-bond acceptors (Lipinski definition) is 3. The molecule has 4 heteroatoms. The number of carbonyl (C=O) groups is 1. The van der Waals surface area contributed by atoms with Crippen molar-refractivity contribution in [3.63, 3.8) is 0 Å². The maximum Gasteiger partial charge on any atom is 0.285 e. The van der Waals surface area contributed by atoms with Crippen molar-refractivity contribution < 1.29 is 10.0 Å². The zero-order valence-corrected chi connectivity index (χ0v) is 11.3. The zero-order chi connectivity index (χ0) is 14.3. The molecule has 100 valence electrons. The first-order chi connectivity index (χ1) is 9.65. The van der Waals surface area contributed by atoms with Crippen LogP contribution in [0.4, 0.5) is 11.4 Å². The summed E-state index contributed by atoms with van der Waals surface area (Å²) < 4.78 is 0. The minimum atomic E-state index is -0.303. The van der Waals surface area contributed by atoms with E-state index in [-0.39, 0.29) is 11.6 Å². The second-order valence-corrected chi connectivity index (χ2v) is 4.83. The van der Waals surface area contributed by atoms with Crippen molar-refractivity contribution in [1.82, 2.24) is 0 Å². The van der Waals surface area contributed by atoms with Crippen LogP contribution in [-0.4, -0.2) is 16.8 Å². The van der Waals surface area contributed by atoms with E-state index in [1.807, 2.05) is 50.2 Å². The Morgan fingerprint density at radius 2 is 1.70 bits per heavy atom. The lowest BCUT2D eigenvalue weighted by Gasteiger charge is -2.20. The first-order valence-electron chi connectivity index (χ1n) is 6.37. The number of benzene rings is 2. The predicted molar refractivity (Wildman–Crippen MR) is 77.8 cm³/mol. The van der Waals surface area contributed by atoms with Crippen molar-refractivity contribution in [2.24, 2.45) is 5.16 Å². The van der Waals surface area contributed by atoms with Crippen molar-refractivity contribution in [3.8, 4) is 0 Å². The van der Waals surface area contributed by atoms with E-state index in [4.69, 9.17) is 5.21 Å². The molecule has 0 radical (unpaired) electrons. The smallest absolute Gasteiger partial charge is 0.285 e. The number of aryl methyl sites for hydroxylation is 1. The Hall–Kier alpha value is -2.62. The van der Waals surface area contributed by atoms with Crippen molar-refractivity contribution in [3.05, 3.63) is 59.2 Å². The van der Waals surface area contributed by atoms with Crippen LogP contribution in [0.3, 0.4) is 0 Å². The minimum Gasteiger partial charge on any atom is -0.410 e. The van der Waals surface area contributed by atoms with Gasteiger partial charge in [-0.1, -0.05) is 35.5 Å². The van der Waals surface area contributed by atoms with Crippen molar-refractivity contribution >= 4 is 23.0 Å². The van der Waals surface area contributed by atoms with Gasteiger partial charge < -0.3 is 5.21 Å². The summed E-state index contributed by atoms with van der Waals surface area (Å²) >= 11 is 0. The molecule has 0 aliphatic carbocycles.